The van der Waals surface area contributed by atoms with E-state index in [0.29, 0.717) is 22.4 Å². The van der Waals surface area contributed by atoms with E-state index in [0.717, 1.165) is 0 Å². The average molecular weight is 522 g/mol. The molecule has 8 nitrogen and oxygen atoms in total. The lowest BCUT2D eigenvalue weighted by molar-refractivity contribution is -0.139. The minimum Gasteiger partial charge on any atom is -0.508 e. The molecule has 0 aromatic heterocycles. The van der Waals surface area contributed by atoms with Gasteiger partial charge in [-0.25, -0.2) is 0 Å². The van der Waals surface area contributed by atoms with Gasteiger partial charge < -0.3 is 19.7 Å². The summed E-state index contributed by atoms with van der Waals surface area (Å²) in [6.07, 6.45) is 0.0465. The van der Waals surface area contributed by atoms with Crippen LogP contribution < -0.4 is 9.64 Å². The highest BCUT2D eigenvalue weighted by molar-refractivity contribution is 6.51. The normalized spacial score (nSPS) is 16.6. The van der Waals surface area contributed by atoms with E-state index >= 15 is 0 Å². The summed E-state index contributed by atoms with van der Waals surface area (Å²) in [6, 6.07) is 14.8. The number of esters is 1. The van der Waals surface area contributed by atoms with Crippen molar-refractivity contribution in [3.8, 4) is 11.5 Å². The molecule has 0 spiro atoms. The zero-order chi connectivity index (χ0) is 26.9. The first-order valence-corrected chi connectivity index (χ1v) is 11.6. The molecule has 1 aliphatic rings. The molecule has 0 saturated carbocycles. The van der Waals surface area contributed by atoms with Gasteiger partial charge in [0, 0.05) is 5.69 Å². The van der Waals surface area contributed by atoms with Crippen molar-refractivity contribution >= 4 is 40.7 Å². The second kappa shape index (κ2) is 10.4. The number of methoxy groups -OCH3 is 2. The van der Waals surface area contributed by atoms with Gasteiger partial charge in [0.2, 0.25) is 0 Å². The van der Waals surface area contributed by atoms with Gasteiger partial charge in [0.25, 0.3) is 11.7 Å². The number of carbonyl (C=O) groups excluding carboxylic acids is 3. The molecule has 4 rings (SSSR count). The first kappa shape index (κ1) is 25.8. The maximum atomic E-state index is 13.4. The van der Waals surface area contributed by atoms with Crippen molar-refractivity contribution in [1.29, 1.82) is 0 Å². The van der Waals surface area contributed by atoms with E-state index in [2.05, 4.69) is 0 Å². The van der Waals surface area contributed by atoms with Crippen LogP contribution in [0.1, 0.15) is 28.3 Å². The largest absolute Gasteiger partial charge is 0.508 e. The van der Waals surface area contributed by atoms with Crippen LogP contribution in [0.25, 0.3) is 5.76 Å². The molecule has 37 heavy (non-hydrogen) atoms. The molecule has 1 unspecified atom stereocenters. The molecule has 2 N–H and O–H groups in total. The molecule has 0 radical (unpaired) electrons. The molecular weight excluding hydrogens is 498 g/mol. The second-order valence-corrected chi connectivity index (χ2v) is 8.91. The lowest BCUT2D eigenvalue weighted by Crippen LogP contribution is -2.29. The topological polar surface area (TPSA) is 113 Å². The number of anilines is 1. The third-order valence-electron chi connectivity index (χ3n) is 6.09. The number of phenolic OH excluding ortho intramolecular Hbond substituents is 1. The lowest BCUT2D eigenvalue weighted by Gasteiger charge is -2.26. The minimum absolute atomic E-state index is 0.0000000768. The van der Waals surface area contributed by atoms with Crippen LogP contribution in [0.2, 0.25) is 5.02 Å². The summed E-state index contributed by atoms with van der Waals surface area (Å²) in [5, 5.41) is 21.5. The monoisotopic (exact) mass is 521 g/mol. The molecule has 1 heterocycles. The van der Waals surface area contributed by atoms with E-state index in [9.17, 15) is 24.6 Å². The zero-order valence-electron chi connectivity index (χ0n) is 20.3. The van der Waals surface area contributed by atoms with E-state index in [1.54, 1.807) is 55.5 Å². The Balaban J connectivity index is 1.91. The number of amides is 1. The van der Waals surface area contributed by atoms with Gasteiger partial charge in [-0.1, -0.05) is 35.9 Å². The highest BCUT2D eigenvalue weighted by atomic mass is 35.5. The fourth-order valence-electron chi connectivity index (χ4n) is 4.34. The first-order chi connectivity index (χ1) is 17.7. The van der Waals surface area contributed by atoms with Crippen molar-refractivity contribution in [2.45, 2.75) is 19.4 Å². The van der Waals surface area contributed by atoms with Gasteiger partial charge in [0.05, 0.1) is 42.8 Å². The number of ether oxygens (including phenoxy) is 2. The zero-order valence-corrected chi connectivity index (χ0v) is 21.1. The predicted octanol–water partition coefficient (Wildman–Crippen LogP) is 4.70. The Hall–Kier alpha value is -4.30. The highest BCUT2D eigenvalue weighted by Gasteiger charge is 2.47. The Morgan fingerprint density at radius 2 is 1.68 bits per heavy atom. The van der Waals surface area contributed by atoms with Crippen LogP contribution >= 0.6 is 11.6 Å². The van der Waals surface area contributed by atoms with E-state index < -0.39 is 29.5 Å². The molecule has 1 fully saturated rings. The van der Waals surface area contributed by atoms with Gasteiger partial charge in [-0.05, 0) is 60.0 Å². The van der Waals surface area contributed by atoms with Crippen molar-refractivity contribution in [1.82, 2.24) is 0 Å². The fourth-order valence-corrected chi connectivity index (χ4v) is 4.69. The second-order valence-electron chi connectivity index (χ2n) is 8.51. The van der Waals surface area contributed by atoms with Crippen LogP contribution in [0, 0.1) is 6.92 Å². The first-order valence-electron chi connectivity index (χ1n) is 11.3. The number of hydrogen-bond acceptors (Lipinski definition) is 7. The van der Waals surface area contributed by atoms with Crippen molar-refractivity contribution < 1.29 is 34.1 Å². The van der Waals surface area contributed by atoms with Crippen molar-refractivity contribution in [2.75, 3.05) is 19.1 Å². The Labute approximate surface area is 218 Å². The van der Waals surface area contributed by atoms with Gasteiger partial charge in [0.15, 0.2) is 0 Å². The highest BCUT2D eigenvalue weighted by Crippen LogP contribution is 2.44. The summed E-state index contributed by atoms with van der Waals surface area (Å²) in [5.74, 6) is -2.44. The molecule has 0 aliphatic carbocycles. The molecule has 9 heteroatoms. The molecule has 190 valence electrons. The Bertz CT molecular complexity index is 1410. The van der Waals surface area contributed by atoms with Gasteiger partial charge in [-0.3, -0.25) is 19.3 Å². The molecular formula is C28H24ClNO7. The van der Waals surface area contributed by atoms with Crippen LogP contribution in [0.5, 0.6) is 11.5 Å². The number of benzene rings is 3. The number of aromatic hydroxyl groups is 1. The number of rotatable bonds is 6. The standard InChI is InChI=1S/C28H24ClNO7/c1-15-12-20(27(37-3)21(29)13-15)25(33)23-24(17-6-10-19(31)11-7-17)30(28(35)26(23)34)18-8-4-16(5-9-18)14-22(32)36-2/h4-13,24,31,33H,14H2,1-3H3/b25-23+. The number of aliphatic hydroxyl groups excluding tert-OH is 1. The SMILES string of the molecule is COC(=O)Cc1ccc(N2C(=O)C(=O)/C(=C(/O)c3cc(C)cc(Cl)c3OC)C2c2ccc(O)cc2)cc1. The third kappa shape index (κ3) is 4.88. The minimum atomic E-state index is -1.02. The van der Waals surface area contributed by atoms with Crippen LogP contribution in [0.3, 0.4) is 0 Å². The molecule has 0 bridgehead atoms. The Morgan fingerprint density at radius 1 is 1.03 bits per heavy atom. The van der Waals surface area contributed by atoms with Crippen LogP contribution in [0.4, 0.5) is 5.69 Å². The summed E-state index contributed by atoms with van der Waals surface area (Å²) in [7, 11) is 2.68. The summed E-state index contributed by atoms with van der Waals surface area (Å²) >= 11 is 6.33. The lowest BCUT2D eigenvalue weighted by atomic mass is 9.94. The predicted molar refractivity (Wildman–Crippen MR) is 138 cm³/mol. The number of ketones is 1. The number of Topliss-reactive ketones (excluding diaryl/α,β-unsaturated/α-hetero) is 1. The number of nitrogens with zero attached hydrogens (tertiary/aromatic N) is 1. The van der Waals surface area contributed by atoms with Crippen molar-refractivity contribution in [2.24, 2.45) is 0 Å². The Kier molecular flexibility index (Phi) is 7.22. The quantitative estimate of drug-likeness (QED) is 0.209. The van der Waals surface area contributed by atoms with Gasteiger partial charge in [-0.15, -0.1) is 0 Å². The van der Waals surface area contributed by atoms with Crippen LogP contribution in [-0.2, 0) is 25.5 Å². The number of hydrogen-bond donors (Lipinski definition) is 2. The number of aliphatic hydroxyl groups is 1. The van der Waals surface area contributed by atoms with E-state index in [-0.39, 0.29) is 34.1 Å². The van der Waals surface area contributed by atoms with Gasteiger partial charge >= 0.3 is 5.97 Å². The molecule has 3 aromatic rings. The Morgan fingerprint density at radius 3 is 2.27 bits per heavy atom. The third-order valence-corrected chi connectivity index (χ3v) is 6.37. The molecule has 1 atom stereocenters. The number of aryl methyl sites for hydroxylation is 1. The summed E-state index contributed by atoms with van der Waals surface area (Å²) in [5.41, 5.74) is 2.24. The summed E-state index contributed by atoms with van der Waals surface area (Å²) in [4.78, 5) is 39.6. The van der Waals surface area contributed by atoms with Crippen LogP contribution in [-0.4, -0.2) is 42.1 Å². The van der Waals surface area contributed by atoms with Crippen molar-refractivity contribution in [3.05, 3.63) is 93.5 Å². The molecule has 1 aliphatic heterocycles. The van der Waals surface area contributed by atoms with E-state index in [4.69, 9.17) is 21.1 Å². The number of phenols is 1. The van der Waals surface area contributed by atoms with Crippen LogP contribution in [0.15, 0.2) is 66.2 Å². The maximum absolute atomic E-state index is 13.4. The maximum Gasteiger partial charge on any atom is 0.309 e. The fraction of sp³-hybridized carbons (Fsp3) is 0.179. The van der Waals surface area contributed by atoms with Gasteiger partial charge in [-0.2, -0.15) is 0 Å². The van der Waals surface area contributed by atoms with E-state index in [1.807, 2.05) is 0 Å². The molecule has 3 aromatic carbocycles. The average Bonchev–Trinajstić information content (AvgIpc) is 3.14. The number of carbonyl (C=O) groups is 3. The molecule has 1 saturated heterocycles. The van der Waals surface area contributed by atoms with Gasteiger partial charge in [0.1, 0.15) is 17.3 Å². The smallest absolute Gasteiger partial charge is 0.309 e. The van der Waals surface area contributed by atoms with Crippen molar-refractivity contribution in [3.63, 3.8) is 0 Å². The summed E-state index contributed by atoms with van der Waals surface area (Å²) < 4.78 is 10.1. The molecule has 1 amide bonds. The van der Waals surface area contributed by atoms with E-state index in [1.165, 1.54) is 31.3 Å². The number of halogens is 1. The summed E-state index contributed by atoms with van der Waals surface area (Å²) in [6.45, 7) is 1.77.